The molecule has 0 aliphatic heterocycles. The summed E-state index contributed by atoms with van der Waals surface area (Å²) in [5, 5.41) is 22.6. The third-order valence-corrected chi connectivity index (χ3v) is 6.63. The summed E-state index contributed by atoms with van der Waals surface area (Å²) in [4.78, 5) is 24.4. The molecule has 2 aromatic carbocycles. The Morgan fingerprint density at radius 2 is 1.65 bits per heavy atom. The van der Waals surface area contributed by atoms with E-state index in [2.05, 4.69) is 37.2 Å². The van der Waals surface area contributed by atoms with E-state index in [1.165, 1.54) is 0 Å². The van der Waals surface area contributed by atoms with Gasteiger partial charge in [-0.05, 0) is 87.4 Å². The summed E-state index contributed by atoms with van der Waals surface area (Å²) in [6, 6.07) is 6.86. The maximum Gasteiger partial charge on any atom is 0.319 e. The molecule has 0 radical (unpaired) electrons. The molecular formula is C23H27Br2NO5. The molecule has 0 bridgehead atoms. The molecule has 31 heavy (non-hydrogen) atoms. The number of ether oxygens (including phenoxy) is 1. The molecule has 0 fully saturated rings. The molecule has 3 N–H and O–H groups in total. The SMILES string of the molecule is CCC(CC)(C(=O)O)C(=O)Nc1cc(Br)c(Oc2cc(C)c(O)c(C(C)C)c2)c(Br)c1. The molecule has 0 saturated heterocycles. The minimum absolute atomic E-state index is 0.123. The van der Waals surface area contributed by atoms with Gasteiger partial charge in [-0.2, -0.15) is 0 Å². The van der Waals surface area contributed by atoms with Crippen molar-refractivity contribution in [2.75, 3.05) is 5.32 Å². The zero-order valence-corrected chi connectivity index (χ0v) is 21.3. The van der Waals surface area contributed by atoms with Gasteiger partial charge in [0, 0.05) is 11.3 Å². The Morgan fingerprint density at radius 3 is 2.10 bits per heavy atom. The first-order chi connectivity index (χ1) is 14.5. The smallest absolute Gasteiger partial charge is 0.319 e. The molecule has 0 spiro atoms. The lowest BCUT2D eigenvalue weighted by Gasteiger charge is -2.25. The van der Waals surface area contributed by atoms with Gasteiger partial charge in [0.25, 0.3) is 0 Å². The summed E-state index contributed by atoms with van der Waals surface area (Å²) in [7, 11) is 0. The molecule has 0 aromatic heterocycles. The molecule has 0 atom stereocenters. The van der Waals surface area contributed by atoms with Crippen LogP contribution in [0.25, 0.3) is 0 Å². The molecule has 0 unspecified atom stereocenters. The van der Waals surface area contributed by atoms with Crippen LogP contribution in [0.3, 0.4) is 0 Å². The number of carbonyl (C=O) groups is 2. The van der Waals surface area contributed by atoms with Crippen LogP contribution in [0, 0.1) is 12.3 Å². The lowest BCUT2D eigenvalue weighted by Crippen LogP contribution is -2.42. The summed E-state index contributed by atoms with van der Waals surface area (Å²) in [5.41, 5.74) is 0.454. The van der Waals surface area contributed by atoms with Gasteiger partial charge in [-0.15, -0.1) is 0 Å². The summed E-state index contributed by atoms with van der Waals surface area (Å²) in [6.45, 7) is 9.17. The molecule has 8 heteroatoms. The number of halogens is 2. The number of phenolic OH excluding ortho intramolecular Hbond substituents is 1. The van der Waals surface area contributed by atoms with E-state index in [4.69, 9.17) is 4.74 Å². The van der Waals surface area contributed by atoms with Crippen LogP contribution in [-0.4, -0.2) is 22.1 Å². The Labute approximate surface area is 199 Å². The number of amides is 1. The number of anilines is 1. The molecule has 0 saturated carbocycles. The normalized spacial score (nSPS) is 11.5. The van der Waals surface area contributed by atoms with Crippen molar-refractivity contribution in [2.45, 2.75) is 53.4 Å². The van der Waals surface area contributed by atoms with Crippen LogP contribution >= 0.6 is 31.9 Å². The maximum atomic E-state index is 12.7. The Balaban J connectivity index is 2.35. The first kappa shape index (κ1) is 25.2. The fraction of sp³-hybridized carbons (Fsp3) is 0.391. The van der Waals surface area contributed by atoms with E-state index in [0.29, 0.717) is 31.7 Å². The van der Waals surface area contributed by atoms with Crippen LogP contribution in [0.5, 0.6) is 17.2 Å². The highest BCUT2D eigenvalue weighted by Gasteiger charge is 2.42. The Morgan fingerprint density at radius 1 is 1.10 bits per heavy atom. The van der Waals surface area contributed by atoms with Crippen LogP contribution in [0.15, 0.2) is 33.2 Å². The lowest BCUT2D eigenvalue weighted by molar-refractivity contribution is -0.154. The highest BCUT2D eigenvalue weighted by Crippen LogP contribution is 2.42. The van der Waals surface area contributed by atoms with Gasteiger partial charge in [-0.25, -0.2) is 0 Å². The molecule has 2 rings (SSSR count). The monoisotopic (exact) mass is 555 g/mol. The number of nitrogens with one attached hydrogen (secondary N) is 1. The van der Waals surface area contributed by atoms with Crippen LogP contribution in [-0.2, 0) is 9.59 Å². The maximum absolute atomic E-state index is 12.7. The van der Waals surface area contributed by atoms with E-state index in [1.807, 2.05) is 20.8 Å². The highest BCUT2D eigenvalue weighted by molar-refractivity contribution is 9.11. The van der Waals surface area contributed by atoms with Crippen molar-refractivity contribution in [1.82, 2.24) is 0 Å². The second kappa shape index (κ2) is 10.0. The molecule has 1 amide bonds. The molecular weight excluding hydrogens is 530 g/mol. The van der Waals surface area contributed by atoms with E-state index >= 15 is 0 Å². The van der Waals surface area contributed by atoms with Gasteiger partial charge in [-0.1, -0.05) is 27.7 Å². The van der Waals surface area contributed by atoms with Crippen molar-refractivity contribution in [1.29, 1.82) is 0 Å². The molecule has 0 aliphatic carbocycles. The van der Waals surface area contributed by atoms with Crippen LogP contribution in [0.1, 0.15) is 57.6 Å². The lowest BCUT2D eigenvalue weighted by atomic mass is 9.81. The number of carboxylic acid groups (broad SMARTS) is 1. The third-order valence-electron chi connectivity index (χ3n) is 5.45. The van der Waals surface area contributed by atoms with Crippen molar-refractivity contribution >= 4 is 49.4 Å². The second-order valence-electron chi connectivity index (χ2n) is 7.75. The highest BCUT2D eigenvalue weighted by atomic mass is 79.9. The predicted molar refractivity (Wildman–Crippen MR) is 128 cm³/mol. The standard InChI is InChI=1S/C23H27Br2NO5/c1-6-23(7-2,22(29)30)21(28)26-14-9-17(24)20(18(25)10-14)31-15-8-13(5)19(27)16(11-15)12(3)4/h8-12,27H,6-7H2,1-5H3,(H,26,28)(H,29,30). The predicted octanol–water partition coefficient (Wildman–Crippen LogP) is 6.97. The van der Waals surface area contributed by atoms with Gasteiger partial charge in [0.1, 0.15) is 16.9 Å². The molecule has 0 heterocycles. The first-order valence-corrected chi connectivity index (χ1v) is 11.6. The van der Waals surface area contributed by atoms with E-state index in [1.54, 1.807) is 38.1 Å². The number of aromatic hydroxyl groups is 1. The summed E-state index contributed by atoms with van der Waals surface area (Å²) in [6.07, 6.45) is 0.374. The number of rotatable bonds is 8. The van der Waals surface area contributed by atoms with Crippen molar-refractivity contribution < 1.29 is 24.5 Å². The van der Waals surface area contributed by atoms with E-state index in [-0.39, 0.29) is 24.5 Å². The summed E-state index contributed by atoms with van der Waals surface area (Å²) in [5.74, 6) is -0.261. The van der Waals surface area contributed by atoms with Crippen molar-refractivity contribution in [3.63, 3.8) is 0 Å². The van der Waals surface area contributed by atoms with E-state index in [0.717, 1.165) is 5.56 Å². The minimum atomic E-state index is -1.48. The topological polar surface area (TPSA) is 95.9 Å². The van der Waals surface area contributed by atoms with Crippen LogP contribution in [0.4, 0.5) is 5.69 Å². The van der Waals surface area contributed by atoms with E-state index < -0.39 is 17.3 Å². The Kier molecular flexibility index (Phi) is 8.16. The fourth-order valence-corrected chi connectivity index (χ4v) is 4.69. The largest absolute Gasteiger partial charge is 0.507 e. The minimum Gasteiger partial charge on any atom is -0.507 e. The molecule has 168 valence electrons. The number of phenols is 1. The molecule has 6 nitrogen and oxygen atoms in total. The summed E-state index contributed by atoms with van der Waals surface area (Å²) >= 11 is 6.93. The van der Waals surface area contributed by atoms with Gasteiger partial charge >= 0.3 is 5.97 Å². The van der Waals surface area contributed by atoms with Crippen LogP contribution in [0.2, 0.25) is 0 Å². The van der Waals surface area contributed by atoms with E-state index in [9.17, 15) is 19.8 Å². The number of hydrogen-bond acceptors (Lipinski definition) is 4. The fourth-order valence-electron chi connectivity index (χ4n) is 3.34. The average Bonchev–Trinajstić information content (AvgIpc) is 2.68. The average molecular weight is 557 g/mol. The Bertz CT molecular complexity index is 977. The van der Waals surface area contributed by atoms with Crippen LogP contribution < -0.4 is 10.1 Å². The zero-order valence-electron chi connectivity index (χ0n) is 18.2. The summed E-state index contributed by atoms with van der Waals surface area (Å²) < 4.78 is 7.21. The number of aliphatic carboxylic acids is 1. The van der Waals surface area contributed by atoms with Crippen molar-refractivity contribution in [3.8, 4) is 17.2 Å². The van der Waals surface area contributed by atoms with Crippen molar-refractivity contribution in [3.05, 3.63) is 44.3 Å². The number of carboxylic acids is 1. The zero-order chi connectivity index (χ0) is 23.5. The first-order valence-electron chi connectivity index (χ1n) is 10.0. The second-order valence-corrected chi connectivity index (χ2v) is 9.46. The number of hydrogen-bond donors (Lipinski definition) is 3. The van der Waals surface area contributed by atoms with Gasteiger partial charge in [0.2, 0.25) is 5.91 Å². The number of carbonyl (C=O) groups excluding carboxylic acids is 1. The van der Waals surface area contributed by atoms with Gasteiger partial charge in [0.15, 0.2) is 5.75 Å². The van der Waals surface area contributed by atoms with Gasteiger partial charge in [0.05, 0.1) is 8.95 Å². The third kappa shape index (κ3) is 5.23. The van der Waals surface area contributed by atoms with Gasteiger partial charge < -0.3 is 20.3 Å². The number of benzene rings is 2. The molecule has 0 aliphatic rings. The quantitative estimate of drug-likeness (QED) is 0.305. The van der Waals surface area contributed by atoms with Crippen molar-refractivity contribution in [2.24, 2.45) is 5.41 Å². The van der Waals surface area contributed by atoms with Gasteiger partial charge in [-0.3, -0.25) is 9.59 Å². The number of aryl methyl sites for hydroxylation is 1. The Hall–Kier alpha value is -2.06. The molecule has 2 aromatic rings.